The van der Waals surface area contributed by atoms with E-state index in [1.54, 1.807) is 6.42 Å². The van der Waals surface area contributed by atoms with E-state index in [0.29, 0.717) is 5.41 Å². The highest BCUT2D eigenvalue weighted by atomic mass is 16.3. The quantitative estimate of drug-likeness (QED) is 0.714. The molecule has 11 bridgehead atoms. The molecule has 0 heterocycles. The van der Waals surface area contributed by atoms with E-state index in [1.807, 2.05) is 0 Å². The van der Waals surface area contributed by atoms with Crippen LogP contribution in [0.25, 0.3) is 0 Å². The Morgan fingerprint density at radius 1 is 0.800 bits per heavy atom. The first-order valence-corrected chi connectivity index (χ1v) is 9.43. The fourth-order valence-corrected chi connectivity index (χ4v) is 10.5. The Labute approximate surface area is 121 Å². The molecule has 0 aromatic rings. The molecule has 10 aliphatic carbocycles. The third-order valence-corrected chi connectivity index (χ3v) is 10.1. The summed E-state index contributed by atoms with van der Waals surface area (Å²) >= 11 is 0. The van der Waals surface area contributed by atoms with E-state index in [-0.39, 0.29) is 5.60 Å². The van der Waals surface area contributed by atoms with Gasteiger partial charge in [0.2, 0.25) is 0 Å². The molecule has 10 aliphatic rings. The molecule has 1 spiro atoms. The van der Waals surface area contributed by atoms with Gasteiger partial charge in [-0.15, -0.1) is 0 Å². The van der Waals surface area contributed by atoms with Gasteiger partial charge < -0.3 is 5.11 Å². The maximum atomic E-state index is 11.8. The second-order valence-electron chi connectivity index (χ2n) is 10.1. The fraction of sp³-hybridized carbons (Fsp3) is 1.00. The maximum Gasteiger partial charge on any atom is 0.0717 e. The zero-order valence-electron chi connectivity index (χ0n) is 12.3. The van der Waals surface area contributed by atoms with Crippen LogP contribution in [0.15, 0.2) is 0 Å². The van der Waals surface area contributed by atoms with Crippen LogP contribution in [0.2, 0.25) is 0 Å². The Balaban J connectivity index is 1.58. The van der Waals surface area contributed by atoms with Crippen molar-refractivity contribution in [1.82, 2.24) is 0 Å². The molecule has 0 amide bonds. The summed E-state index contributed by atoms with van der Waals surface area (Å²) in [6.07, 6.45) is 11.7. The number of hydrogen-bond acceptors (Lipinski definition) is 1. The molecule has 1 nitrogen and oxygen atoms in total. The summed E-state index contributed by atoms with van der Waals surface area (Å²) in [6, 6.07) is 0. The van der Waals surface area contributed by atoms with Gasteiger partial charge >= 0.3 is 0 Å². The normalized spacial score (nSPS) is 77.5. The molecular formula is C19H26O. The largest absolute Gasteiger partial charge is 0.389 e. The number of aliphatic hydroxyl groups is 1. The van der Waals surface area contributed by atoms with Crippen molar-refractivity contribution in [2.75, 3.05) is 0 Å². The van der Waals surface area contributed by atoms with Crippen LogP contribution < -0.4 is 0 Å². The van der Waals surface area contributed by atoms with Crippen LogP contribution in [0, 0.1) is 58.7 Å². The molecule has 0 aliphatic heterocycles. The zero-order valence-corrected chi connectivity index (χ0v) is 12.3. The van der Waals surface area contributed by atoms with E-state index in [1.165, 1.54) is 44.9 Å². The van der Waals surface area contributed by atoms with E-state index < -0.39 is 0 Å². The van der Waals surface area contributed by atoms with Crippen molar-refractivity contribution in [1.29, 1.82) is 0 Å². The molecule has 10 fully saturated rings. The monoisotopic (exact) mass is 270 g/mol. The van der Waals surface area contributed by atoms with Crippen LogP contribution in [0.1, 0.15) is 51.4 Å². The Morgan fingerprint density at radius 2 is 1.65 bits per heavy atom. The van der Waals surface area contributed by atoms with Gasteiger partial charge in [-0.2, -0.15) is 0 Å². The number of fused-ring (bicyclic) bond motifs is 1. The maximum absolute atomic E-state index is 11.8. The number of rotatable bonds is 0. The lowest BCUT2D eigenvalue weighted by Gasteiger charge is -2.80. The van der Waals surface area contributed by atoms with Crippen molar-refractivity contribution in [3.63, 3.8) is 0 Å². The smallest absolute Gasteiger partial charge is 0.0717 e. The van der Waals surface area contributed by atoms with Gasteiger partial charge in [-0.1, -0.05) is 0 Å². The van der Waals surface area contributed by atoms with Crippen LogP contribution in [-0.2, 0) is 0 Å². The van der Waals surface area contributed by atoms with Crippen LogP contribution in [-0.4, -0.2) is 10.7 Å². The molecule has 1 N–H and O–H groups in total. The van der Waals surface area contributed by atoms with Crippen LogP contribution in [0.5, 0.6) is 0 Å². The molecule has 11 unspecified atom stereocenters. The van der Waals surface area contributed by atoms with Gasteiger partial charge in [0.25, 0.3) is 0 Å². The lowest BCUT2D eigenvalue weighted by atomic mass is 9.25. The Kier molecular flexibility index (Phi) is 1.48. The molecule has 108 valence electrons. The molecule has 20 heavy (non-hydrogen) atoms. The fourth-order valence-electron chi connectivity index (χ4n) is 10.5. The lowest BCUT2D eigenvalue weighted by Crippen LogP contribution is -2.78. The zero-order chi connectivity index (χ0) is 12.9. The average molecular weight is 270 g/mol. The van der Waals surface area contributed by atoms with Crippen molar-refractivity contribution < 1.29 is 5.11 Å². The minimum atomic E-state index is -0.199. The first kappa shape index (κ1) is 10.6. The molecule has 10 saturated carbocycles. The van der Waals surface area contributed by atoms with Gasteiger partial charge in [-0.25, -0.2) is 0 Å². The summed E-state index contributed by atoms with van der Waals surface area (Å²) in [5.41, 5.74) is 0.434. The van der Waals surface area contributed by atoms with Crippen LogP contribution in [0.3, 0.4) is 0 Å². The van der Waals surface area contributed by atoms with Gasteiger partial charge in [0.15, 0.2) is 0 Å². The first-order chi connectivity index (χ1) is 9.71. The molecule has 0 aromatic heterocycles. The highest BCUT2D eigenvalue weighted by Gasteiger charge is 2.80. The molecule has 10 rings (SSSR count). The highest BCUT2D eigenvalue weighted by molar-refractivity contribution is 5.29. The van der Waals surface area contributed by atoms with Crippen LogP contribution in [0.4, 0.5) is 0 Å². The van der Waals surface area contributed by atoms with Crippen molar-refractivity contribution in [3.8, 4) is 0 Å². The average Bonchev–Trinajstić information content (AvgIpc) is 2.61. The van der Waals surface area contributed by atoms with Crippen molar-refractivity contribution in [2.24, 2.45) is 58.7 Å². The second kappa shape index (κ2) is 2.77. The summed E-state index contributed by atoms with van der Waals surface area (Å²) in [5, 5.41) is 11.8. The molecule has 1 heteroatoms. The third kappa shape index (κ3) is 0.808. The molecule has 0 saturated heterocycles. The van der Waals surface area contributed by atoms with Gasteiger partial charge in [-0.3, -0.25) is 0 Å². The predicted octanol–water partition coefficient (Wildman–Crippen LogP) is 3.47. The highest BCUT2D eigenvalue weighted by Crippen LogP contribution is 2.83. The second-order valence-corrected chi connectivity index (χ2v) is 10.1. The Morgan fingerprint density at radius 3 is 2.60 bits per heavy atom. The summed E-state index contributed by atoms with van der Waals surface area (Å²) in [6.45, 7) is 0. The standard InChI is InChI=1S/C19H26O/c20-19-8-9-1-2-18-7-10-4-12-11(13(5-10)17(18)19)6-15(19)14(3-9)16(12)18/h9-17,20H,1-8H2. The Hall–Kier alpha value is -0.0400. The van der Waals surface area contributed by atoms with Gasteiger partial charge in [0, 0.05) is 0 Å². The summed E-state index contributed by atoms with van der Waals surface area (Å²) < 4.78 is 0. The van der Waals surface area contributed by atoms with E-state index in [2.05, 4.69) is 0 Å². The SMILES string of the molecule is OC12CC3CCC45CC6CC7C(CC1C(C3)C74)C(C6)C25. The predicted molar refractivity (Wildman–Crippen MR) is 75.7 cm³/mol. The van der Waals surface area contributed by atoms with Gasteiger partial charge in [-0.05, 0) is 110 Å². The third-order valence-electron chi connectivity index (χ3n) is 10.1. The molecule has 11 atom stereocenters. The van der Waals surface area contributed by atoms with E-state index in [9.17, 15) is 5.11 Å². The number of hydrogen-bond donors (Lipinski definition) is 1. The minimum absolute atomic E-state index is 0.199. The molecule has 0 radical (unpaired) electrons. The molecular weight excluding hydrogens is 244 g/mol. The topological polar surface area (TPSA) is 20.2 Å². The van der Waals surface area contributed by atoms with Gasteiger partial charge in [0.05, 0.1) is 5.60 Å². The van der Waals surface area contributed by atoms with E-state index >= 15 is 0 Å². The first-order valence-electron chi connectivity index (χ1n) is 9.43. The van der Waals surface area contributed by atoms with Crippen LogP contribution >= 0.6 is 0 Å². The molecule has 0 aromatic carbocycles. The van der Waals surface area contributed by atoms with Crippen molar-refractivity contribution >= 4 is 0 Å². The summed E-state index contributed by atoms with van der Waals surface area (Å²) in [7, 11) is 0. The lowest BCUT2D eigenvalue weighted by molar-refractivity contribution is -0.356. The van der Waals surface area contributed by atoms with E-state index in [0.717, 1.165) is 53.3 Å². The van der Waals surface area contributed by atoms with Crippen molar-refractivity contribution in [3.05, 3.63) is 0 Å². The summed E-state index contributed by atoms with van der Waals surface area (Å²) in [5.74, 6) is 8.53. The summed E-state index contributed by atoms with van der Waals surface area (Å²) in [4.78, 5) is 0. The minimum Gasteiger partial charge on any atom is -0.389 e. The van der Waals surface area contributed by atoms with Crippen molar-refractivity contribution in [2.45, 2.75) is 57.0 Å². The van der Waals surface area contributed by atoms with E-state index in [4.69, 9.17) is 0 Å². The Bertz CT molecular complexity index is 528. The van der Waals surface area contributed by atoms with Gasteiger partial charge in [0.1, 0.15) is 0 Å².